The van der Waals surface area contributed by atoms with Crippen LogP contribution in [0.1, 0.15) is 277 Å². The van der Waals surface area contributed by atoms with Crippen LogP contribution >= 0.6 is 0 Å². The summed E-state index contributed by atoms with van der Waals surface area (Å²) in [5, 5.41) is 40.3. The van der Waals surface area contributed by atoms with Crippen molar-refractivity contribution in [1.82, 2.24) is 0 Å². The summed E-state index contributed by atoms with van der Waals surface area (Å²) in [6.07, 6.45) is 45.8. The van der Waals surface area contributed by atoms with Gasteiger partial charge in [0.15, 0.2) is 6.29 Å². The molecule has 6 atom stereocenters. The van der Waals surface area contributed by atoms with Gasteiger partial charge in [0, 0.05) is 13.0 Å². The highest BCUT2D eigenvalue weighted by molar-refractivity contribution is 5.69. The van der Waals surface area contributed by atoms with Crippen LogP contribution < -0.4 is 0 Å². The smallest absolute Gasteiger partial charge is 0.306 e. The monoisotopic (exact) mass is 899 g/mol. The van der Waals surface area contributed by atoms with Gasteiger partial charge < -0.3 is 39.4 Å². The lowest BCUT2D eigenvalue weighted by Crippen LogP contribution is -2.59. The molecular weight excluding hydrogens is 793 g/mol. The minimum atomic E-state index is -1.53. The zero-order valence-corrected chi connectivity index (χ0v) is 41.6. The first kappa shape index (κ1) is 60.2. The van der Waals surface area contributed by atoms with E-state index >= 15 is 0 Å². The minimum absolute atomic E-state index is 0.104. The molecule has 0 bridgehead atoms. The van der Waals surface area contributed by atoms with E-state index in [0.717, 1.165) is 32.1 Å². The number of hydrogen-bond acceptors (Lipinski definition) is 9. The summed E-state index contributed by atoms with van der Waals surface area (Å²) in [5.74, 6) is -0.304. The van der Waals surface area contributed by atoms with Crippen LogP contribution in [-0.4, -0.2) is 89.6 Å². The second kappa shape index (κ2) is 46.3. The lowest BCUT2D eigenvalue weighted by molar-refractivity contribution is -0.305. The third-order valence-electron chi connectivity index (χ3n) is 13.3. The average molecular weight is 899 g/mol. The lowest BCUT2D eigenvalue weighted by Gasteiger charge is -2.39. The summed E-state index contributed by atoms with van der Waals surface area (Å²) < 4.78 is 22.9. The van der Waals surface area contributed by atoms with Crippen molar-refractivity contribution in [2.45, 2.75) is 314 Å². The number of carbonyl (C=O) groups is 1. The molecule has 1 heterocycles. The van der Waals surface area contributed by atoms with Crippen molar-refractivity contribution in [2.24, 2.45) is 0 Å². The number of esters is 1. The highest BCUT2D eigenvalue weighted by Gasteiger charge is 2.44. The normalized spacial score (nSPS) is 19.5. The third kappa shape index (κ3) is 36.9. The molecule has 0 aromatic carbocycles. The molecule has 9 heteroatoms. The van der Waals surface area contributed by atoms with Gasteiger partial charge in [0.05, 0.1) is 19.8 Å². The number of hydrogen-bond donors (Lipinski definition) is 4. The summed E-state index contributed by atoms with van der Waals surface area (Å²) in [6.45, 7) is 4.64. The van der Waals surface area contributed by atoms with Gasteiger partial charge in [-0.1, -0.05) is 258 Å². The van der Waals surface area contributed by atoms with Gasteiger partial charge in [-0.3, -0.25) is 4.79 Å². The number of carbonyl (C=O) groups excluding carboxylic acids is 1. The Hall–Kier alpha value is -0.810. The Morgan fingerprint density at radius 1 is 0.444 bits per heavy atom. The highest BCUT2D eigenvalue weighted by Crippen LogP contribution is 2.23. The summed E-state index contributed by atoms with van der Waals surface area (Å²) in [4.78, 5) is 12.9. The van der Waals surface area contributed by atoms with Crippen LogP contribution in [0.4, 0.5) is 0 Å². The predicted molar refractivity (Wildman–Crippen MR) is 261 cm³/mol. The highest BCUT2D eigenvalue weighted by atomic mass is 16.7. The number of unbranched alkanes of at least 4 members (excludes halogenated alkanes) is 38. The van der Waals surface area contributed by atoms with Gasteiger partial charge in [-0.05, 0) is 12.8 Å². The van der Waals surface area contributed by atoms with E-state index in [1.54, 1.807) is 0 Å². The van der Waals surface area contributed by atoms with E-state index in [0.29, 0.717) is 13.0 Å². The van der Waals surface area contributed by atoms with Crippen molar-refractivity contribution in [2.75, 3.05) is 26.4 Å². The van der Waals surface area contributed by atoms with Crippen molar-refractivity contribution in [1.29, 1.82) is 0 Å². The van der Waals surface area contributed by atoms with Crippen LogP contribution in [0, 0.1) is 0 Å². The molecule has 9 nitrogen and oxygen atoms in total. The molecule has 1 rings (SSSR count). The molecule has 0 amide bonds. The quantitative estimate of drug-likeness (QED) is 0.0348. The Kier molecular flexibility index (Phi) is 44.3. The topological polar surface area (TPSA) is 135 Å². The molecule has 0 aliphatic carbocycles. The van der Waals surface area contributed by atoms with E-state index in [-0.39, 0.29) is 19.2 Å². The molecule has 6 unspecified atom stereocenters. The van der Waals surface area contributed by atoms with Gasteiger partial charge in [-0.2, -0.15) is 0 Å². The van der Waals surface area contributed by atoms with Gasteiger partial charge in [0.25, 0.3) is 0 Å². The Balaban J connectivity index is 2.12. The first-order valence-corrected chi connectivity index (χ1v) is 27.6. The van der Waals surface area contributed by atoms with Crippen LogP contribution in [0.15, 0.2) is 0 Å². The largest absolute Gasteiger partial charge is 0.457 e. The standard InChI is InChI=1S/C54H106O9/c1-3-5-7-9-11-13-15-17-19-20-21-22-23-24-25-26-27-28-29-31-33-35-37-39-41-43-50(56)62-48(47-61-54-53(59)52(58)51(57)49(45-55)63-54)46-60-44-42-40-38-36-34-32-30-18-16-14-12-10-8-6-4-2/h48-49,51-55,57-59H,3-47H2,1-2H3. The fourth-order valence-electron chi connectivity index (χ4n) is 8.97. The molecule has 1 aliphatic heterocycles. The summed E-state index contributed by atoms with van der Waals surface area (Å²) >= 11 is 0. The summed E-state index contributed by atoms with van der Waals surface area (Å²) in [5.41, 5.74) is 0. The van der Waals surface area contributed by atoms with Crippen LogP contribution in [0.2, 0.25) is 0 Å². The van der Waals surface area contributed by atoms with Crippen molar-refractivity contribution >= 4 is 5.97 Å². The fraction of sp³-hybridized carbons (Fsp3) is 0.981. The maximum Gasteiger partial charge on any atom is 0.306 e. The van der Waals surface area contributed by atoms with Crippen molar-refractivity contribution in [3.05, 3.63) is 0 Å². The molecule has 0 aromatic rings. The average Bonchev–Trinajstić information content (AvgIpc) is 3.28. The molecule has 1 saturated heterocycles. The number of aliphatic hydroxyl groups excluding tert-OH is 4. The molecule has 0 radical (unpaired) electrons. The molecule has 0 saturated carbocycles. The van der Waals surface area contributed by atoms with Crippen molar-refractivity contribution in [3.63, 3.8) is 0 Å². The second-order valence-electron chi connectivity index (χ2n) is 19.4. The van der Waals surface area contributed by atoms with Crippen molar-refractivity contribution < 1.29 is 44.2 Å². The van der Waals surface area contributed by atoms with E-state index in [4.69, 9.17) is 18.9 Å². The van der Waals surface area contributed by atoms with Gasteiger partial charge >= 0.3 is 5.97 Å². The molecule has 0 aromatic heterocycles. The SMILES string of the molecule is CCCCCCCCCCCCCCCCCCCCCCCCCCCC(=O)OC(COCCCCCCCCCCCCCCCCC)COC1OC(CO)C(O)C(O)C1O. The van der Waals surface area contributed by atoms with E-state index in [1.165, 1.54) is 225 Å². The third-order valence-corrected chi connectivity index (χ3v) is 13.3. The summed E-state index contributed by atoms with van der Waals surface area (Å²) in [6, 6.07) is 0. The van der Waals surface area contributed by atoms with Crippen LogP contribution in [0.5, 0.6) is 0 Å². The molecular formula is C54H106O9. The van der Waals surface area contributed by atoms with E-state index in [9.17, 15) is 25.2 Å². The van der Waals surface area contributed by atoms with E-state index in [2.05, 4.69) is 13.8 Å². The molecule has 0 spiro atoms. The predicted octanol–water partition coefficient (Wildman–Crippen LogP) is 13.8. The van der Waals surface area contributed by atoms with Crippen molar-refractivity contribution in [3.8, 4) is 0 Å². The zero-order chi connectivity index (χ0) is 45.7. The van der Waals surface area contributed by atoms with Gasteiger partial charge in [-0.15, -0.1) is 0 Å². The Bertz CT molecular complexity index is 935. The van der Waals surface area contributed by atoms with E-state index < -0.39 is 43.4 Å². The van der Waals surface area contributed by atoms with Crippen LogP contribution in [-0.2, 0) is 23.7 Å². The number of aliphatic hydroxyl groups is 4. The maximum atomic E-state index is 12.9. The van der Waals surface area contributed by atoms with E-state index in [1.807, 2.05) is 0 Å². The van der Waals surface area contributed by atoms with Crippen LogP contribution in [0.25, 0.3) is 0 Å². The second-order valence-corrected chi connectivity index (χ2v) is 19.4. The zero-order valence-electron chi connectivity index (χ0n) is 41.6. The first-order valence-electron chi connectivity index (χ1n) is 27.6. The molecule has 1 aliphatic rings. The minimum Gasteiger partial charge on any atom is -0.457 e. The molecule has 1 fully saturated rings. The molecule has 63 heavy (non-hydrogen) atoms. The number of ether oxygens (including phenoxy) is 4. The Labute approximate surface area is 389 Å². The Morgan fingerprint density at radius 3 is 1.13 bits per heavy atom. The van der Waals surface area contributed by atoms with Gasteiger partial charge in [0.1, 0.15) is 30.5 Å². The van der Waals surface area contributed by atoms with Crippen LogP contribution in [0.3, 0.4) is 0 Å². The fourth-order valence-corrected chi connectivity index (χ4v) is 8.97. The van der Waals surface area contributed by atoms with Gasteiger partial charge in [0.2, 0.25) is 0 Å². The molecule has 4 N–H and O–H groups in total. The van der Waals surface area contributed by atoms with Gasteiger partial charge in [-0.25, -0.2) is 0 Å². The first-order chi connectivity index (χ1) is 30.9. The lowest BCUT2D eigenvalue weighted by atomic mass is 9.99. The molecule has 376 valence electrons. The maximum absolute atomic E-state index is 12.9. The number of rotatable bonds is 49. The summed E-state index contributed by atoms with van der Waals surface area (Å²) in [7, 11) is 0. The Morgan fingerprint density at radius 2 is 0.778 bits per heavy atom.